The Hall–Kier alpha value is -0.380. The van der Waals surface area contributed by atoms with Crippen LogP contribution in [0.2, 0.25) is 0 Å². The molecule has 0 aliphatic heterocycles. The molecule has 1 unspecified atom stereocenters. The minimum atomic E-state index is -0.340. The maximum atomic E-state index is 10.9. The Morgan fingerprint density at radius 2 is 2.36 bits per heavy atom. The average molecular weight is 223 g/mol. The number of aldehydes is 1. The lowest BCUT2D eigenvalue weighted by Gasteiger charge is -2.05. The second-order valence-corrected chi connectivity index (χ2v) is 3.07. The van der Waals surface area contributed by atoms with Crippen LogP contribution < -0.4 is 0 Å². The van der Waals surface area contributed by atoms with Crippen LogP contribution in [-0.2, 0) is 14.3 Å². The highest BCUT2D eigenvalue weighted by Gasteiger charge is 2.14. The van der Waals surface area contributed by atoms with E-state index in [1.54, 1.807) is 6.92 Å². The summed E-state index contributed by atoms with van der Waals surface area (Å²) in [5.74, 6) is -0.297. The summed E-state index contributed by atoms with van der Waals surface area (Å²) in [6.07, 6.45) is 1.67. The van der Waals surface area contributed by atoms with E-state index < -0.39 is 0 Å². The largest absolute Gasteiger partial charge is 0.465 e. The third-order valence-corrected chi connectivity index (χ3v) is 1.91. The van der Waals surface area contributed by atoms with Crippen molar-refractivity contribution in [2.75, 3.05) is 6.61 Å². The van der Waals surface area contributed by atoms with E-state index in [9.17, 15) is 9.59 Å². The minimum absolute atomic E-state index is 0.297. The van der Waals surface area contributed by atoms with Crippen molar-refractivity contribution in [1.82, 2.24) is 0 Å². The Bertz CT molecular complexity index is 136. The van der Waals surface area contributed by atoms with Gasteiger partial charge in [-0.25, -0.2) is 0 Å². The lowest BCUT2D eigenvalue weighted by atomic mass is 10.2. The number of hydrogen-bond acceptors (Lipinski definition) is 3. The predicted molar refractivity (Wildman–Crippen MR) is 44.6 cm³/mol. The van der Waals surface area contributed by atoms with Gasteiger partial charge in [-0.15, -0.1) is 0 Å². The molecule has 0 bridgehead atoms. The summed E-state index contributed by atoms with van der Waals surface area (Å²) < 4.78 is 4.70. The molecular weight excluding hydrogens is 212 g/mol. The van der Waals surface area contributed by atoms with Gasteiger partial charge in [0.15, 0.2) is 0 Å². The highest BCUT2D eigenvalue weighted by atomic mass is 79.9. The topological polar surface area (TPSA) is 43.4 Å². The molecular formula is C7H11BrO3. The van der Waals surface area contributed by atoms with E-state index in [0.717, 1.165) is 6.29 Å². The van der Waals surface area contributed by atoms with Gasteiger partial charge in [-0.2, -0.15) is 0 Å². The van der Waals surface area contributed by atoms with Gasteiger partial charge in [0.1, 0.15) is 11.1 Å². The van der Waals surface area contributed by atoms with E-state index in [1.807, 2.05) is 0 Å². The smallest absolute Gasteiger partial charge is 0.319 e. The van der Waals surface area contributed by atoms with Crippen LogP contribution in [0.1, 0.15) is 19.8 Å². The first kappa shape index (κ1) is 10.6. The molecule has 0 aliphatic rings. The van der Waals surface area contributed by atoms with Crippen LogP contribution in [0.15, 0.2) is 0 Å². The van der Waals surface area contributed by atoms with E-state index in [2.05, 4.69) is 15.9 Å². The fourth-order valence-electron chi connectivity index (χ4n) is 0.565. The normalized spacial score (nSPS) is 12.2. The molecule has 0 radical (unpaired) electrons. The summed E-state index contributed by atoms with van der Waals surface area (Å²) in [6.45, 7) is 2.12. The third-order valence-electron chi connectivity index (χ3n) is 1.08. The van der Waals surface area contributed by atoms with Crippen LogP contribution in [0.3, 0.4) is 0 Å². The molecule has 0 aromatic rings. The fourth-order valence-corrected chi connectivity index (χ4v) is 0.961. The number of rotatable bonds is 5. The summed E-state index contributed by atoms with van der Waals surface area (Å²) in [5.41, 5.74) is 0. The van der Waals surface area contributed by atoms with E-state index >= 15 is 0 Å². The van der Waals surface area contributed by atoms with Gasteiger partial charge in [-0.3, -0.25) is 4.79 Å². The van der Waals surface area contributed by atoms with E-state index in [-0.39, 0.29) is 10.8 Å². The Kier molecular flexibility index (Phi) is 6.12. The van der Waals surface area contributed by atoms with Crippen molar-refractivity contribution < 1.29 is 14.3 Å². The van der Waals surface area contributed by atoms with Crippen molar-refractivity contribution in [3.8, 4) is 0 Å². The minimum Gasteiger partial charge on any atom is -0.465 e. The number of ether oxygens (including phenoxy) is 1. The van der Waals surface area contributed by atoms with Gasteiger partial charge in [-0.1, -0.05) is 15.9 Å². The molecule has 0 aromatic heterocycles. The van der Waals surface area contributed by atoms with Crippen molar-refractivity contribution in [3.63, 3.8) is 0 Å². The quantitative estimate of drug-likeness (QED) is 0.400. The number of hydrogen-bond donors (Lipinski definition) is 0. The van der Waals surface area contributed by atoms with Gasteiger partial charge in [0.2, 0.25) is 0 Å². The molecule has 0 rings (SSSR count). The van der Waals surface area contributed by atoms with Crippen LogP contribution in [-0.4, -0.2) is 23.7 Å². The zero-order valence-corrected chi connectivity index (χ0v) is 7.96. The second-order valence-electron chi connectivity index (χ2n) is 1.96. The first-order valence-electron chi connectivity index (χ1n) is 3.46. The summed E-state index contributed by atoms with van der Waals surface area (Å²) in [5, 5.41) is 0. The van der Waals surface area contributed by atoms with E-state index in [1.165, 1.54) is 0 Å². The fraction of sp³-hybridized carbons (Fsp3) is 0.714. The Morgan fingerprint density at radius 3 is 2.82 bits per heavy atom. The number of esters is 1. The number of halogens is 1. The zero-order valence-electron chi connectivity index (χ0n) is 6.38. The molecule has 0 heterocycles. The Balaban J connectivity index is 3.54. The molecule has 4 heteroatoms. The van der Waals surface area contributed by atoms with Crippen LogP contribution in [0, 0.1) is 0 Å². The molecule has 0 N–H and O–H groups in total. The Morgan fingerprint density at radius 1 is 1.73 bits per heavy atom. The van der Waals surface area contributed by atoms with Crippen molar-refractivity contribution in [3.05, 3.63) is 0 Å². The zero-order chi connectivity index (χ0) is 8.69. The van der Waals surface area contributed by atoms with Crippen LogP contribution in [0.5, 0.6) is 0 Å². The van der Waals surface area contributed by atoms with Crippen LogP contribution in [0.25, 0.3) is 0 Å². The highest BCUT2D eigenvalue weighted by molar-refractivity contribution is 9.10. The summed E-state index contributed by atoms with van der Waals surface area (Å²) in [7, 11) is 0. The predicted octanol–water partition coefficient (Wildman–Crippen LogP) is 1.29. The summed E-state index contributed by atoms with van der Waals surface area (Å²) >= 11 is 3.11. The molecule has 0 saturated heterocycles. The van der Waals surface area contributed by atoms with Gasteiger partial charge in [-0.05, 0) is 13.3 Å². The molecule has 3 nitrogen and oxygen atoms in total. The molecule has 11 heavy (non-hydrogen) atoms. The number of carbonyl (C=O) groups is 2. The van der Waals surface area contributed by atoms with Gasteiger partial charge in [0.05, 0.1) is 6.61 Å². The lowest BCUT2D eigenvalue weighted by Crippen LogP contribution is -2.17. The van der Waals surface area contributed by atoms with E-state index in [4.69, 9.17) is 4.74 Å². The van der Waals surface area contributed by atoms with Crippen molar-refractivity contribution in [2.45, 2.75) is 24.6 Å². The second kappa shape index (κ2) is 6.34. The molecule has 0 aliphatic carbocycles. The highest BCUT2D eigenvalue weighted by Crippen LogP contribution is 2.08. The van der Waals surface area contributed by atoms with E-state index in [0.29, 0.717) is 19.4 Å². The number of carbonyl (C=O) groups excluding carboxylic acids is 2. The molecule has 0 amide bonds. The molecule has 0 saturated carbocycles. The molecule has 64 valence electrons. The van der Waals surface area contributed by atoms with Gasteiger partial charge >= 0.3 is 5.97 Å². The lowest BCUT2D eigenvalue weighted by molar-refractivity contribution is -0.142. The molecule has 0 fully saturated rings. The monoisotopic (exact) mass is 222 g/mol. The Labute approximate surface area is 74.2 Å². The first-order chi connectivity index (χ1) is 5.22. The SMILES string of the molecule is CCOC(=O)C(Br)CCC=O. The van der Waals surface area contributed by atoms with Gasteiger partial charge in [0.25, 0.3) is 0 Å². The molecule has 1 atom stereocenters. The maximum absolute atomic E-state index is 10.9. The van der Waals surface area contributed by atoms with Crippen LogP contribution in [0.4, 0.5) is 0 Å². The summed E-state index contributed by atoms with van der Waals surface area (Å²) in [4.78, 5) is 20.4. The summed E-state index contributed by atoms with van der Waals surface area (Å²) in [6, 6.07) is 0. The van der Waals surface area contributed by atoms with Crippen molar-refractivity contribution >= 4 is 28.2 Å². The standard InChI is InChI=1S/C7H11BrO3/c1-2-11-7(10)6(8)4-3-5-9/h5-6H,2-4H2,1H3. The average Bonchev–Trinajstić information content (AvgIpc) is 2.00. The van der Waals surface area contributed by atoms with Gasteiger partial charge < -0.3 is 9.53 Å². The first-order valence-corrected chi connectivity index (χ1v) is 4.38. The van der Waals surface area contributed by atoms with Crippen LogP contribution >= 0.6 is 15.9 Å². The molecule has 0 spiro atoms. The third kappa shape index (κ3) is 4.95. The van der Waals surface area contributed by atoms with Crippen molar-refractivity contribution in [2.24, 2.45) is 0 Å². The van der Waals surface area contributed by atoms with Gasteiger partial charge in [0, 0.05) is 6.42 Å². The number of alkyl halides is 1. The molecule has 0 aromatic carbocycles. The van der Waals surface area contributed by atoms with Crippen molar-refractivity contribution in [1.29, 1.82) is 0 Å². The maximum Gasteiger partial charge on any atom is 0.319 e.